The van der Waals surface area contributed by atoms with Crippen LogP contribution in [0.25, 0.3) is 6.08 Å². The maximum atomic E-state index is 12.4. The van der Waals surface area contributed by atoms with Gasteiger partial charge in [0, 0.05) is 13.1 Å². The van der Waals surface area contributed by atoms with Crippen LogP contribution >= 0.6 is 0 Å². The molecule has 1 saturated heterocycles. The third-order valence-corrected chi connectivity index (χ3v) is 3.51. The third kappa shape index (κ3) is 3.97. The van der Waals surface area contributed by atoms with Crippen LogP contribution in [0.15, 0.2) is 43.0 Å². The van der Waals surface area contributed by atoms with Crippen molar-refractivity contribution < 1.29 is 18.0 Å². The van der Waals surface area contributed by atoms with Crippen LogP contribution < -0.4 is 0 Å². The summed E-state index contributed by atoms with van der Waals surface area (Å²) >= 11 is 0. The molecule has 2 nitrogen and oxygen atoms in total. The molecule has 1 aromatic rings. The molecule has 2 rings (SSSR count). The second-order valence-electron chi connectivity index (χ2n) is 5.02. The molecular formula is C16H16F3NO. The topological polar surface area (TPSA) is 20.3 Å². The van der Waals surface area contributed by atoms with Crippen molar-refractivity contribution in [2.75, 3.05) is 13.1 Å². The molecular weight excluding hydrogens is 279 g/mol. The molecule has 0 spiro atoms. The van der Waals surface area contributed by atoms with E-state index in [0.29, 0.717) is 13.1 Å². The van der Waals surface area contributed by atoms with E-state index in [1.54, 1.807) is 11.0 Å². The van der Waals surface area contributed by atoms with Gasteiger partial charge in [0.2, 0.25) is 5.91 Å². The molecule has 0 radical (unpaired) electrons. The van der Waals surface area contributed by atoms with Crippen LogP contribution in [-0.2, 0) is 11.0 Å². The van der Waals surface area contributed by atoms with Gasteiger partial charge < -0.3 is 4.90 Å². The number of hydrogen-bond acceptors (Lipinski definition) is 1. The van der Waals surface area contributed by atoms with Crippen LogP contribution in [-0.4, -0.2) is 23.9 Å². The Morgan fingerprint density at radius 3 is 2.52 bits per heavy atom. The van der Waals surface area contributed by atoms with Gasteiger partial charge in [-0.25, -0.2) is 0 Å². The molecule has 1 fully saturated rings. The van der Waals surface area contributed by atoms with Crippen LogP contribution in [0.3, 0.4) is 0 Å². The van der Waals surface area contributed by atoms with Crippen LogP contribution in [0.2, 0.25) is 0 Å². The van der Waals surface area contributed by atoms with E-state index in [1.165, 1.54) is 18.2 Å². The molecule has 1 amide bonds. The minimum absolute atomic E-state index is 0.0829. The van der Waals surface area contributed by atoms with Gasteiger partial charge in [-0.2, -0.15) is 13.2 Å². The van der Waals surface area contributed by atoms with Crippen molar-refractivity contribution >= 4 is 12.0 Å². The lowest BCUT2D eigenvalue weighted by Gasteiger charge is -2.12. The Balaban J connectivity index is 1.96. The molecule has 112 valence electrons. The first-order valence-corrected chi connectivity index (χ1v) is 6.67. The number of halogens is 3. The zero-order valence-corrected chi connectivity index (χ0v) is 11.4. The Morgan fingerprint density at radius 1 is 1.29 bits per heavy atom. The lowest BCUT2D eigenvalue weighted by molar-refractivity contribution is -0.137. The average molecular weight is 295 g/mol. The number of likely N-dealkylation sites (tertiary alicyclic amines) is 1. The van der Waals surface area contributed by atoms with E-state index >= 15 is 0 Å². The van der Waals surface area contributed by atoms with Gasteiger partial charge in [0.1, 0.15) is 0 Å². The van der Waals surface area contributed by atoms with Crippen LogP contribution in [0, 0.1) is 5.92 Å². The number of benzene rings is 1. The fraction of sp³-hybridized carbons (Fsp3) is 0.312. The summed E-state index contributed by atoms with van der Waals surface area (Å²) in [6.07, 6.45) is 1.59. The summed E-state index contributed by atoms with van der Waals surface area (Å²) in [5.41, 5.74) is 0.0692. The summed E-state index contributed by atoms with van der Waals surface area (Å²) in [4.78, 5) is 13.2. The van der Waals surface area contributed by atoms with Crippen molar-refractivity contribution in [1.82, 2.24) is 4.90 Å². The van der Waals surface area contributed by atoms with Gasteiger partial charge in [-0.05, 0) is 36.1 Å². The summed E-state index contributed by atoms with van der Waals surface area (Å²) in [7, 11) is 0. The molecule has 1 aromatic carbocycles. The summed E-state index contributed by atoms with van der Waals surface area (Å²) < 4.78 is 37.3. The van der Waals surface area contributed by atoms with E-state index in [-0.39, 0.29) is 11.8 Å². The number of nitrogens with zero attached hydrogens (tertiary/aromatic N) is 1. The van der Waals surface area contributed by atoms with E-state index in [2.05, 4.69) is 6.58 Å². The molecule has 1 atom stereocenters. The Bertz CT molecular complexity index is 546. The fourth-order valence-corrected chi connectivity index (χ4v) is 2.30. The maximum absolute atomic E-state index is 12.4. The number of rotatable bonds is 3. The number of hydrogen-bond donors (Lipinski definition) is 0. The second kappa shape index (κ2) is 6.16. The largest absolute Gasteiger partial charge is 0.416 e. The summed E-state index contributed by atoms with van der Waals surface area (Å²) in [5, 5.41) is 0. The highest BCUT2D eigenvalue weighted by molar-refractivity contribution is 5.87. The summed E-state index contributed by atoms with van der Waals surface area (Å²) in [6.45, 7) is 4.77. The highest BCUT2D eigenvalue weighted by atomic mass is 19.4. The Hall–Kier alpha value is -2.04. The Kier molecular flexibility index (Phi) is 4.50. The van der Waals surface area contributed by atoms with Gasteiger partial charge in [-0.15, -0.1) is 0 Å². The first-order chi connectivity index (χ1) is 9.90. The summed E-state index contributed by atoms with van der Waals surface area (Å²) in [6, 6.07) is 5.03. The maximum Gasteiger partial charge on any atom is 0.416 e. The monoisotopic (exact) mass is 295 g/mol. The minimum atomic E-state index is -4.31. The first-order valence-electron chi connectivity index (χ1n) is 6.67. The number of carbonyl (C=O) groups is 1. The zero-order valence-electron chi connectivity index (χ0n) is 11.4. The average Bonchev–Trinajstić information content (AvgIpc) is 2.92. The second-order valence-corrected chi connectivity index (χ2v) is 5.02. The van der Waals surface area contributed by atoms with Gasteiger partial charge in [0.05, 0.1) is 5.56 Å². The molecule has 0 N–H and O–H groups in total. The van der Waals surface area contributed by atoms with Crippen LogP contribution in [0.5, 0.6) is 0 Å². The number of amides is 1. The van der Waals surface area contributed by atoms with E-state index in [1.807, 2.05) is 6.08 Å². The lowest BCUT2D eigenvalue weighted by atomic mass is 10.1. The van der Waals surface area contributed by atoms with Crippen molar-refractivity contribution in [1.29, 1.82) is 0 Å². The first kappa shape index (κ1) is 15.4. The van der Waals surface area contributed by atoms with Crippen LogP contribution in [0.4, 0.5) is 13.2 Å². The molecule has 0 bridgehead atoms. The van der Waals surface area contributed by atoms with Gasteiger partial charge >= 0.3 is 6.18 Å². The molecule has 1 aliphatic rings. The van der Waals surface area contributed by atoms with Crippen molar-refractivity contribution in [3.05, 3.63) is 54.1 Å². The molecule has 1 heterocycles. The molecule has 5 heteroatoms. The highest BCUT2D eigenvalue weighted by Crippen LogP contribution is 2.29. The molecule has 0 aliphatic carbocycles. The highest BCUT2D eigenvalue weighted by Gasteiger charge is 2.29. The normalized spacial score (nSPS) is 19.2. The minimum Gasteiger partial charge on any atom is -0.339 e. The molecule has 1 aliphatic heterocycles. The van der Waals surface area contributed by atoms with Crippen molar-refractivity contribution in [3.8, 4) is 0 Å². The van der Waals surface area contributed by atoms with Gasteiger partial charge in [-0.3, -0.25) is 4.79 Å². The van der Waals surface area contributed by atoms with E-state index in [4.69, 9.17) is 0 Å². The zero-order chi connectivity index (χ0) is 15.5. The van der Waals surface area contributed by atoms with E-state index < -0.39 is 11.7 Å². The lowest BCUT2D eigenvalue weighted by Crippen LogP contribution is -2.26. The quantitative estimate of drug-likeness (QED) is 0.778. The molecule has 0 aromatic heterocycles. The third-order valence-electron chi connectivity index (χ3n) is 3.51. The van der Waals surface area contributed by atoms with Crippen molar-refractivity contribution in [3.63, 3.8) is 0 Å². The molecule has 0 saturated carbocycles. The standard InChI is InChI=1S/C16H16F3NO/c1-2-15(21)20-10-9-13(11-20)4-3-12-5-7-14(8-6-12)16(17,18)19/h2-8,13H,1,9-11H2/b4-3-. The van der Waals surface area contributed by atoms with Gasteiger partial charge in [0.25, 0.3) is 0 Å². The predicted octanol–water partition coefficient (Wildman–Crippen LogP) is 3.75. The number of carbonyl (C=O) groups excluding carboxylic acids is 1. The molecule has 21 heavy (non-hydrogen) atoms. The summed E-state index contributed by atoms with van der Waals surface area (Å²) in [5.74, 6) is 0.150. The fourth-order valence-electron chi connectivity index (χ4n) is 2.30. The smallest absolute Gasteiger partial charge is 0.339 e. The SMILES string of the molecule is C=CC(=O)N1CCC(/C=C\c2ccc(C(F)(F)F)cc2)C1. The van der Waals surface area contributed by atoms with Gasteiger partial charge in [-0.1, -0.05) is 30.9 Å². The Morgan fingerprint density at radius 2 is 1.95 bits per heavy atom. The van der Waals surface area contributed by atoms with Gasteiger partial charge in [0.15, 0.2) is 0 Å². The molecule has 1 unspecified atom stereocenters. The Labute approximate surface area is 121 Å². The van der Waals surface area contributed by atoms with Crippen molar-refractivity contribution in [2.45, 2.75) is 12.6 Å². The number of alkyl halides is 3. The van der Waals surface area contributed by atoms with Crippen molar-refractivity contribution in [2.24, 2.45) is 5.92 Å². The van der Waals surface area contributed by atoms with E-state index in [9.17, 15) is 18.0 Å². The van der Waals surface area contributed by atoms with E-state index in [0.717, 1.165) is 24.1 Å². The van der Waals surface area contributed by atoms with Crippen LogP contribution in [0.1, 0.15) is 17.5 Å². The predicted molar refractivity (Wildman–Crippen MR) is 75.4 cm³/mol.